The van der Waals surface area contributed by atoms with Crippen LogP contribution in [0, 0.1) is 11.3 Å². The largest absolute Gasteiger partial charge is 0.496 e. The van der Waals surface area contributed by atoms with Gasteiger partial charge in [0.25, 0.3) is 0 Å². The predicted octanol–water partition coefficient (Wildman–Crippen LogP) is 2.64. The Labute approximate surface area is 124 Å². The highest BCUT2D eigenvalue weighted by Crippen LogP contribution is 2.35. The highest BCUT2D eigenvalue weighted by molar-refractivity contribution is 9.10. The van der Waals surface area contributed by atoms with Crippen LogP contribution in [0.15, 0.2) is 28.9 Å². The van der Waals surface area contributed by atoms with Gasteiger partial charge in [-0.15, -0.1) is 0 Å². The number of methoxy groups -OCH3 is 1. The summed E-state index contributed by atoms with van der Waals surface area (Å²) in [7, 11) is 1.63. The fraction of sp³-hybridized carbons (Fsp3) is 0.286. The van der Waals surface area contributed by atoms with E-state index in [0.29, 0.717) is 19.0 Å². The van der Waals surface area contributed by atoms with Gasteiger partial charge < -0.3 is 14.5 Å². The van der Waals surface area contributed by atoms with Crippen molar-refractivity contribution in [3.05, 3.63) is 34.7 Å². The van der Waals surface area contributed by atoms with E-state index in [9.17, 15) is 5.26 Å². The molecule has 0 saturated carbocycles. The molecular formula is C14H12BrN3O2. The number of hydrogen-bond donors (Lipinski definition) is 1. The first-order valence-electron chi connectivity index (χ1n) is 6.07. The van der Waals surface area contributed by atoms with Gasteiger partial charge in [-0.3, -0.25) is 0 Å². The van der Waals surface area contributed by atoms with Gasteiger partial charge in [-0.2, -0.15) is 5.26 Å². The van der Waals surface area contributed by atoms with E-state index in [1.54, 1.807) is 13.3 Å². The van der Waals surface area contributed by atoms with Crippen molar-refractivity contribution in [1.82, 2.24) is 9.97 Å². The number of aromatic nitrogens is 2. The number of rotatable bonds is 3. The lowest BCUT2D eigenvalue weighted by Gasteiger charge is -2.32. The van der Waals surface area contributed by atoms with Crippen LogP contribution in [-0.4, -0.2) is 30.3 Å². The van der Waals surface area contributed by atoms with Gasteiger partial charge in [0.1, 0.15) is 11.6 Å². The van der Waals surface area contributed by atoms with E-state index in [1.165, 1.54) is 0 Å². The van der Waals surface area contributed by atoms with E-state index in [4.69, 9.17) is 9.47 Å². The van der Waals surface area contributed by atoms with Crippen LogP contribution in [0.4, 0.5) is 0 Å². The topological polar surface area (TPSA) is 70.9 Å². The summed E-state index contributed by atoms with van der Waals surface area (Å²) in [5, 5.41) is 9.29. The average Bonchev–Trinajstić information content (AvgIpc) is 2.88. The van der Waals surface area contributed by atoms with Crippen LogP contribution < -0.4 is 4.74 Å². The lowest BCUT2D eigenvalue weighted by Crippen LogP contribution is -2.46. The number of halogens is 1. The smallest absolute Gasteiger partial charge is 0.161 e. The van der Waals surface area contributed by atoms with Gasteiger partial charge in [0, 0.05) is 10.0 Å². The normalized spacial score (nSPS) is 16.2. The predicted molar refractivity (Wildman–Crippen MR) is 76.4 cm³/mol. The van der Waals surface area contributed by atoms with E-state index >= 15 is 0 Å². The molecule has 1 saturated heterocycles. The second kappa shape index (κ2) is 4.93. The van der Waals surface area contributed by atoms with Gasteiger partial charge in [-0.05, 0) is 18.2 Å². The van der Waals surface area contributed by atoms with Crippen molar-refractivity contribution in [3.8, 4) is 23.1 Å². The van der Waals surface area contributed by atoms with Crippen LogP contribution in [-0.2, 0) is 10.2 Å². The van der Waals surface area contributed by atoms with Gasteiger partial charge in [0.2, 0.25) is 0 Å². The van der Waals surface area contributed by atoms with Crippen LogP contribution >= 0.6 is 15.9 Å². The summed E-state index contributed by atoms with van der Waals surface area (Å²) >= 11 is 3.45. The molecule has 1 aliphatic heterocycles. The molecule has 2 heterocycles. The number of nitrogens with zero attached hydrogens (tertiary/aromatic N) is 2. The molecule has 1 aromatic heterocycles. The molecule has 1 fully saturated rings. The van der Waals surface area contributed by atoms with Crippen molar-refractivity contribution in [2.24, 2.45) is 0 Å². The molecule has 0 bridgehead atoms. The summed E-state index contributed by atoms with van der Waals surface area (Å²) in [5.41, 5.74) is 1.07. The molecule has 1 N–H and O–H groups in total. The zero-order valence-electron chi connectivity index (χ0n) is 10.8. The Balaban J connectivity index is 2.03. The molecule has 0 radical (unpaired) electrons. The Morgan fingerprint density at radius 3 is 2.90 bits per heavy atom. The number of nitrogens with one attached hydrogen (secondary N) is 1. The van der Waals surface area contributed by atoms with Crippen LogP contribution in [0.25, 0.3) is 11.3 Å². The van der Waals surface area contributed by atoms with Crippen LogP contribution in [0.1, 0.15) is 5.82 Å². The average molecular weight is 334 g/mol. The fourth-order valence-corrected chi connectivity index (χ4v) is 2.51. The molecule has 0 spiro atoms. The van der Waals surface area contributed by atoms with Crippen molar-refractivity contribution < 1.29 is 9.47 Å². The van der Waals surface area contributed by atoms with Crippen molar-refractivity contribution in [2.75, 3.05) is 20.3 Å². The van der Waals surface area contributed by atoms with Gasteiger partial charge in [-0.1, -0.05) is 15.9 Å². The molecule has 102 valence electrons. The first kappa shape index (κ1) is 13.2. The summed E-state index contributed by atoms with van der Waals surface area (Å²) in [4.78, 5) is 7.54. The van der Waals surface area contributed by atoms with E-state index < -0.39 is 5.41 Å². The molecule has 3 rings (SSSR count). The minimum Gasteiger partial charge on any atom is -0.496 e. The summed E-state index contributed by atoms with van der Waals surface area (Å²) in [6.07, 6.45) is 1.72. The Hall–Kier alpha value is -1.84. The van der Waals surface area contributed by atoms with Crippen LogP contribution in [0.2, 0.25) is 0 Å². The molecule has 0 aliphatic carbocycles. The quantitative estimate of drug-likeness (QED) is 0.937. The Morgan fingerprint density at radius 1 is 1.50 bits per heavy atom. The van der Waals surface area contributed by atoms with Crippen molar-refractivity contribution in [1.29, 1.82) is 5.26 Å². The third kappa shape index (κ3) is 1.99. The molecule has 0 unspecified atom stereocenters. The van der Waals surface area contributed by atoms with E-state index in [0.717, 1.165) is 21.5 Å². The van der Waals surface area contributed by atoms with E-state index in [-0.39, 0.29) is 0 Å². The van der Waals surface area contributed by atoms with Gasteiger partial charge in [-0.25, -0.2) is 4.98 Å². The molecule has 20 heavy (non-hydrogen) atoms. The lowest BCUT2D eigenvalue weighted by molar-refractivity contribution is -0.0335. The number of hydrogen-bond acceptors (Lipinski definition) is 4. The SMILES string of the molecule is COc1ccc(Br)cc1-c1cnc(C2(C#N)COC2)[nH]1. The van der Waals surface area contributed by atoms with Crippen LogP contribution in [0.3, 0.4) is 0 Å². The summed E-state index contributed by atoms with van der Waals surface area (Å²) in [6.45, 7) is 0.762. The standard InChI is InChI=1S/C14H12BrN3O2/c1-19-12-3-2-9(15)4-10(12)11-5-17-13(18-11)14(6-16)7-20-8-14/h2-5H,7-8H2,1H3,(H,17,18). The second-order valence-corrected chi connectivity index (χ2v) is 5.59. The first-order valence-corrected chi connectivity index (χ1v) is 6.86. The summed E-state index contributed by atoms with van der Waals surface area (Å²) in [5.74, 6) is 1.39. The number of nitriles is 1. The zero-order chi connectivity index (χ0) is 14.2. The summed E-state index contributed by atoms with van der Waals surface area (Å²) in [6, 6.07) is 8.02. The molecule has 0 amide bonds. The maximum Gasteiger partial charge on any atom is 0.161 e. The van der Waals surface area contributed by atoms with Gasteiger partial charge in [0.15, 0.2) is 5.41 Å². The second-order valence-electron chi connectivity index (χ2n) is 4.68. The van der Waals surface area contributed by atoms with Crippen molar-refractivity contribution in [2.45, 2.75) is 5.41 Å². The van der Waals surface area contributed by atoms with E-state index in [1.807, 2.05) is 18.2 Å². The van der Waals surface area contributed by atoms with Crippen LogP contribution in [0.5, 0.6) is 5.75 Å². The third-order valence-electron chi connectivity index (χ3n) is 3.39. The Morgan fingerprint density at radius 2 is 2.30 bits per heavy atom. The Kier molecular flexibility index (Phi) is 3.24. The maximum atomic E-state index is 9.29. The Bertz CT molecular complexity index is 686. The number of benzene rings is 1. The van der Waals surface area contributed by atoms with Crippen molar-refractivity contribution >= 4 is 15.9 Å². The molecular weight excluding hydrogens is 322 g/mol. The number of H-pyrrole nitrogens is 1. The van der Waals surface area contributed by atoms with Gasteiger partial charge >= 0.3 is 0 Å². The molecule has 2 aromatic rings. The number of ether oxygens (including phenoxy) is 2. The first-order chi connectivity index (χ1) is 9.68. The molecule has 5 nitrogen and oxygen atoms in total. The van der Waals surface area contributed by atoms with Crippen molar-refractivity contribution in [3.63, 3.8) is 0 Å². The highest BCUT2D eigenvalue weighted by Gasteiger charge is 2.43. The fourth-order valence-electron chi connectivity index (χ4n) is 2.15. The molecule has 1 aromatic carbocycles. The molecule has 0 atom stereocenters. The number of imidazole rings is 1. The number of aromatic amines is 1. The monoisotopic (exact) mass is 333 g/mol. The molecule has 1 aliphatic rings. The third-order valence-corrected chi connectivity index (χ3v) is 3.88. The summed E-state index contributed by atoms with van der Waals surface area (Å²) < 4.78 is 11.5. The van der Waals surface area contributed by atoms with E-state index in [2.05, 4.69) is 32.0 Å². The highest BCUT2D eigenvalue weighted by atomic mass is 79.9. The minimum absolute atomic E-state index is 0.381. The lowest BCUT2D eigenvalue weighted by atomic mass is 9.87. The maximum absolute atomic E-state index is 9.29. The minimum atomic E-state index is -0.641. The zero-order valence-corrected chi connectivity index (χ0v) is 12.4. The molecule has 6 heteroatoms. The van der Waals surface area contributed by atoms with Gasteiger partial charge in [0.05, 0.1) is 38.3 Å².